The first-order chi connectivity index (χ1) is 8.88. The lowest BCUT2D eigenvalue weighted by atomic mass is 10.0. The first-order valence-corrected chi connectivity index (χ1v) is 5.49. The molecule has 0 spiro atoms. The first kappa shape index (κ1) is 12.7. The molecule has 0 aromatic heterocycles. The molecule has 2 aromatic rings. The van der Waals surface area contributed by atoms with Crippen LogP contribution in [0.2, 0.25) is 0 Å². The molecule has 8 N–H and O–H groups in total. The average molecular weight is 262 g/mol. The number of nitrogens with two attached hydrogens (primary N) is 2. The van der Waals surface area contributed by atoms with Crippen LogP contribution in [-0.4, -0.2) is 20.4 Å². The van der Waals surface area contributed by atoms with Crippen LogP contribution >= 0.6 is 0 Å². The Morgan fingerprint density at radius 1 is 0.632 bits per heavy atom. The molecule has 0 aliphatic carbocycles. The number of nitrogen functional groups attached to an aromatic ring is 2. The first-order valence-electron chi connectivity index (χ1n) is 5.49. The van der Waals surface area contributed by atoms with Crippen molar-refractivity contribution in [3.8, 4) is 23.0 Å². The number of rotatable bonds is 2. The largest absolute Gasteiger partial charge is 0.508 e. The molecular weight excluding hydrogens is 248 g/mol. The van der Waals surface area contributed by atoms with E-state index < -0.39 is 0 Å². The second kappa shape index (κ2) is 4.49. The van der Waals surface area contributed by atoms with E-state index in [2.05, 4.69) is 0 Å². The molecule has 0 bridgehead atoms. The predicted molar refractivity (Wildman–Crippen MR) is 71.2 cm³/mol. The van der Waals surface area contributed by atoms with E-state index in [9.17, 15) is 20.4 Å². The summed E-state index contributed by atoms with van der Waals surface area (Å²) in [6.07, 6.45) is 0.110. The van der Waals surface area contributed by atoms with Gasteiger partial charge in [-0.1, -0.05) is 0 Å². The quantitative estimate of drug-likeness (QED) is 0.274. The van der Waals surface area contributed by atoms with Gasteiger partial charge in [0.2, 0.25) is 0 Å². The zero-order valence-corrected chi connectivity index (χ0v) is 9.96. The molecule has 2 aromatic carbocycles. The Balaban J connectivity index is 2.42. The van der Waals surface area contributed by atoms with Crippen molar-refractivity contribution < 1.29 is 20.4 Å². The van der Waals surface area contributed by atoms with E-state index in [1.54, 1.807) is 0 Å². The summed E-state index contributed by atoms with van der Waals surface area (Å²) in [5.74, 6) is -0.532. The van der Waals surface area contributed by atoms with E-state index in [1.807, 2.05) is 0 Å². The third-order valence-electron chi connectivity index (χ3n) is 2.84. The van der Waals surface area contributed by atoms with Crippen LogP contribution in [0.3, 0.4) is 0 Å². The van der Waals surface area contributed by atoms with E-state index >= 15 is 0 Å². The maximum atomic E-state index is 9.73. The van der Waals surface area contributed by atoms with E-state index in [0.29, 0.717) is 11.1 Å². The zero-order valence-electron chi connectivity index (χ0n) is 9.96. The van der Waals surface area contributed by atoms with Gasteiger partial charge in [-0.15, -0.1) is 0 Å². The van der Waals surface area contributed by atoms with Gasteiger partial charge in [-0.05, 0) is 12.1 Å². The molecule has 6 nitrogen and oxygen atoms in total. The Kier molecular flexibility index (Phi) is 3.00. The van der Waals surface area contributed by atoms with E-state index in [-0.39, 0.29) is 40.8 Å². The van der Waals surface area contributed by atoms with Gasteiger partial charge in [-0.2, -0.15) is 0 Å². The third kappa shape index (κ3) is 2.42. The summed E-state index contributed by atoms with van der Waals surface area (Å²) in [6, 6.07) is 5.05. The zero-order chi connectivity index (χ0) is 14.2. The van der Waals surface area contributed by atoms with Crippen LogP contribution in [0.5, 0.6) is 23.0 Å². The highest BCUT2D eigenvalue weighted by Crippen LogP contribution is 2.35. The summed E-state index contributed by atoms with van der Waals surface area (Å²) >= 11 is 0. The molecule has 6 heteroatoms. The molecule has 0 aliphatic rings. The number of hydrogen-bond acceptors (Lipinski definition) is 6. The number of aromatic hydroxyl groups is 4. The number of phenolic OH excluding ortho intramolecular Hbond substituents is 4. The molecule has 100 valence electrons. The second-order valence-electron chi connectivity index (χ2n) is 4.26. The standard InChI is InChI=1S/C13H14N2O4/c14-8-4-10(16)6(2-12(8)18)1-7-3-13(19)9(15)5-11(7)17/h2-5,16-19H,1,14-15H2. The van der Waals surface area contributed by atoms with Crippen LogP contribution in [0.4, 0.5) is 11.4 Å². The Hall–Kier alpha value is -2.76. The molecule has 0 unspecified atom stereocenters. The lowest BCUT2D eigenvalue weighted by Crippen LogP contribution is -1.94. The van der Waals surface area contributed by atoms with Gasteiger partial charge in [-0.3, -0.25) is 0 Å². The van der Waals surface area contributed by atoms with Crippen molar-refractivity contribution in [1.82, 2.24) is 0 Å². The summed E-state index contributed by atoms with van der Waals surface area (Å²) in [5.41, 5.74) is 11.7. The van der Waals surface area contributed by atoms with Gasteiger partial charge in [0.1, 0.15) is 23.0 Å². The van der Waals surface area contributed by atoms with Gasteiger partial charge < -0.3 is 31.9 Å². The molecular formula is C13H14N2O4. The van der Waals surface area contributed by atoms with Crippen molar-refractivity contribution in [3.63, 3.8) is 0 Å². The van der Waals surface area contributed by atoms with Crippen molar-refractivity contribution >= 4 is 11.4 Å². The highest BCUT2D eigenvalue weighted by atomic mass is 16.3. The summed E-state index contributed by atoms with van der Waals surface area (Å²) in [6.45, 7) is 0. The fraction of sp³-hybridized carbons (Fsp3) is 0.0769. The minimum absolute atomic E-state index is 0.0608. The lowest BCUT2D eigenvalue weighted by Gasteiger charge is -2.10. The molecule has 2 rings (SSSR count). The summed E-state index contributed by atoms with van der Waals surface area (Å²) in [7, 11) is 0. The molecule has 0 heterocycles. The maximum absolute atomic E-state index is 9.73. The third-order valence-corrected chi connectivity index (χ3v) is 2.84. The van der Waals surface area contributed by atoms with Gasteiger partial charge in [-0.25, -0.2) is 0 Å². The highest BCUT2D eigenvalue weighted by molar-refractivity contribution is 5.62. The topological polar surface area (TPSA) is 133 Å². The fourth-order valence-electron chi connectivity index (χ4n) is 1.76. The number of benzene rings is 2. The normalized spacial score (nSPS) is 10.5. The van der Waals surface area contributed by atoms with Gasteiger partial charge in [0.25, 0.3) is 0 Å². The second-order valence-corrected chi connectivity index (χ2v) is 4.26. The van der Waals surface area contributed by atoms with Crippen LogP contribution in [0, 0.1) is 0 Å². The minimum atomic E-state index is -0.160. The average Bonchev–Trinajstić information content (AvgIpc) is 2.32. The summed E-state index contributed by atoms with van der Waals surface area (Å²) in [5, 5.41) is 38.5. The van der Waals surface area contributed by atoms with E-state index in [4.69, 9.17) is 11.5 Å². The Morgan fingerprint density at radius 3 is 1.37 bits per heavy atom. The van der Waals surface area contributed by atoms with Gasteiger partial charge in [0, 0.05) is 29.7 Å². The summed E-state index contributed by atoms with van der Waals surface area (Å²) in [4.78, 5) is 0. The van der Waals surface area contributed by atoms with Crippen LogP contribution in [0.15, 0.2) is 24.3 Å². The van der Waals surface area contributed by atoms with Crippen molar-refractivity contribution in [2.24, 2.45) is 0 Å². The van der Waals surface area contributed by atoms with Crippen molar-refractivity contribution in [2.75, 3.05) is 11.5 Å². The van der Waals surface area contributed by atoms with Crippen LogP contribution in [0.1, 0.15) is 11.1 Å². The monoisotopic (exact) mass is 262 g/mol. The molecule has 0 atom stereocenters. The lowest BCUT2D eigenvalue weighted by molar-refractivity contribution is 0.451. The summed E-state index contributed by atoms with van der Waals surface area (Å²) < 4.78 is 0. The van der Waals surface area contributed by atoms with Crippen LogP contribution in [0.25, 0.3) is 0 Å². The van der Waals surface area contributed by atoms with E-state index in [1.165, 1.54) is 24.3 Å². The molecule has 0 saturated carbocycles. The highest BCUT2D eigenvalue weighted by Gasteiger charge is 2.12. The fourth-order valence-corrected chi connectivity index (χ4v) is 1.76. The smallest absolute Gasteiger partial charge is 0.139 e. The Labute approximate surface area is 109 Å². The van der Waals surface area contributed by atoms with E-state index in [0.717, 1.165) is 0 Å². The molecule has 0 fully saturated rings. The molecule has 0 amide bonds. The molecule has 19 heavy (non-hydrogen) atoms. The van der Waals surface area contributed by atoms with Gasteiger partial charge in [0.05, 0.1) is 11.4 Å². The Morgan fingerprint density at radius 2 is 1.00 bits per heavy atom. The SMILES string of the molecule is Nc1cc(O)c(Cc2cc(O)c(N)cc2O)cc1O. The van der Waals surface area contributed by atoms with Crippen molar-refractivity contribution in [1.29, 1.82) is 0 Å². The maximum Gasteiger partial charge on any atom is 0.139 e. The number of anilines is 2. The van der Waals surface area contributed by atoms with Crippen LogP contribution in [-0.2, 0) is 6.42 Å². The van der Waals surface area contributed by atoms with Crippen molar-refractivity contribution in [3.05, 3.63) is 35.4 Å². The van der Waals surface area contributed by atoms with Crippen LogP contribution < -0.4 is 11.5 Å². The van der Waals surface area contributed by atoms with Gasteiger partial charge in [0.15, 0.2) is 0 Å². The molecule has 0 radical (unpaired) electrons. The number of hydrogen-bond donors (Lipinski definition) is 6. The number of phenols is 4. The predicted octanol–water partition coefficient (Wildman–Crippen LogP) is 1.26. The molecule has 0 aliphatic heterocycles. The minimum Gasteiger partial charge on any atom is -0.508 e. The van der Waals surface area contributed by atoms with Gasteiger partial charge >= 0.3 is 0 Å². The Bertz CT molecular complexity index is 586. The van der Waals surface area contributed by atoms with Crippen molar-refractivity contribution in [2.45, 2.75) is 6.42 Å². The molecule has 0 saturated heterocycles.